The van der Waals surface area contributed by atoms with E-state index in [9.17, 15) is 18.0 Å². The van der Waals surface area contributed by atoms with Crippen LogP contribution < -0.4 is 15.8 Å². The van der Waals surface area contributed by atoms with Crippen LogP contribution in [0.25, 0.3) is 0 Å². The number of fused-ring (bicyclic) bond motifs is 1. The van der Waals surface area contributed by atoms with Gasteiger partial charge in [-0.2, -0.15) is 0 Å². The van der Waals surface area contributed by atoms with Gasteiger partial charge in [-0.15, -0.1) is 0 Å². The molecule has 2 aromatic rings. The van der Waals surface area contributed by atoms with Crippen LogP contribution in [-0.2, 0) is 21.2 Å². The van der Waals surface area contributed by atoms with Gasteiger partial charge in [0.1, 0.15) is 0 Å². The molecule has 0 fully saturated rings. The van der Waals surface area contributed by atoms with Crippen molar-refractivity contribution in [2.45, 2.75) is 30.7 Å². The summed E-state index contributed by atoms with van der Waals surface area (Å²) < 4.78 is 22.7. The van der Waals surface area contributed by atoms with E-state index in [4.69, 9.17) is 16.7 Å². The third kappa shape index (κ3) is 4.29. The molecule has 0 aromatic heterocycles. The predicted molar refractivity (Wildman–Crippen MR) is 102 cm³/mol. The van der Waals surface area contributed by atoms with Crippen molar-refractivity contribution in [2.75, 3.05) is 5.32 Å². The lowest BCUT2D eigenvalue weighted by atomic mass is 9.97. The lowest BCUT2D eigenvalue weighted by molar-refractivity contribution is -0.116. The number of sulfonamides is 1. The molecule has 142 valence electrons. The van der Waals surface area contributed by atoms with Crippen molar-refractivity contribution in [1.29, 1.82) is 0 Å². The fourth-order valence-corrected chi connectivity index (χ4v) is 3.76. The van der Waals surface area contributed by atoms with Crippen molar-refractivity contribution in [3.05, 3.63) is 58.1 Å². The summed E-state index contributed by atoms with van der Waals surface area (Å²) in [5.74, 6) is -0.436. The van der Waals surface area contributed by atoms with E-state index in [2.05, 4.69) is 10.6 Å². The largest absolute Gasteiger partial charge is 0.345 e. The molecule has 1 aliphatic rings. The molecule has 0 saturated carbocycles. The molecule has 0 radical (unpaired) electrons. The molecule has 9 heteroatoms. The molecule has 0 bridgehead atoms. The number of primary sulfonamides is 1. The van der Waals surface area contributed by atoms with Crippen molar-refractivity contribution in [2.24, 2.45) is 5.14 Å². The first kappa shape index (κ1) is 19.3. The number of aryl methyl sites for hydroxylation is 1. The van der Waals surface area contributed by atoms with Crippen LogP contribution in [0.3, 0.4) is 0 Å². The molecule has 0 saturated heterocycles. The van der Waals surface area contributed by atoms with Gasteiger partial charge >= 0.3 is 0 Å². The number of halogens is 1. The number of rotatable bonds is 4. The van der Waals surface area contributed by atoms with Crippen LogP contribution >= 0.6 is 11.6 Å². The Labute approximate surface area is 161 Å². The molecule has 1 heterocycles. The highest BCUT2D eigenvalue weighted by molar-refractivity contribution is 7.89. The average Bonchev–Trinajstić information content (AvgIpc) is 2.60. The maximum atomic E-state index is 12.5. The summed E-state index contributed by atoms with van der Waals surface area (Å²) in [7, 11) is -3.89. The van der Waals surface area contributed by atoms with E-state index in [0.717, 1.165) is 22.9 Å². The number of benzene rings is 2. The summed E-state index contributed by atoms with van der Waals surface area (Å²) in [6, 6.07) is 9.01. The quantitative estimate of drug-likeness (QED) is 0.720. The molecule has 27 heavy (non-hydrogen) atoms. The van der Waals surface area contributed by atoms with Gasteiger partial charge in [0.05, 0.1) is 21.5 Å². The number of hydrogen-bond donors (Lipinski definition) is 3. The number of anilines is 1. The smallest absolute Gasteiger partial charge is 0.253 e. The molecule has 1 unspecified atom stereocenters. The monoisotopic (exact) mass is 407 g/mol. The summed E-state index contributed by atoms with van der Waals surface area (Å²) in [5.41, 5.74) is 2.84. The van der Waals surface area contributed by atoms with E-state index in [0.29, 0.717) is 12.8 Å². The van der Waals surface area contributed by atoms with Gasteiger partial charge in [-0.05, 0) is 48.7 Å². The molecule has 2 amide bonds. The van der Waals surface area contributed by atoms with Crippen LogP contribution in [0.4, 0.5) is 5.69 Å². The molecule has 0 spiro atoms. The molecular weight excluding hydrogens is 390 g/mol. The number of hydrogen-bond acceptors (Lipinski definition) is 4. The Morgan fingerprint density at radius 2 is 1.96 bits per heavy atom. The summed E-state index contributed by atoms with van der Waals surface area (Å²) >= 11 is 6.05. The van der Waals surface area contributed by atoms with Crippen LogP contribution in [-0.4, -0.2) is 20.2 Å². The average molecular weight is 408 g/mol. The highest BCUT2D eigenvalue weighted by Crippen LogP contribution is 2.27. The van der Waals surface area contributed by atoms with E-state index >= 15 is 0 Å². The Kier molecular flexibility index (Phi) is 5.23. The second-order valence-electron chi connectivity index (χ2n) is 6.35. The van der Waals surface area contributed by atoms with Crippen molar-refractivity contribution in [1.82, 2.24) is 5.32 Å². The maximum Gasteiger partial charge on any atom is 0.253 e. The Balaban J connectivity index is 1.77. The molecule has 1 aliphatic heterocycles. The molecular formula is C18H18ClN3O4S. The van der Waals surface area contributed by atoms with Gasteiger partial charge in [0.25, 0.3) is 5.91 Å². The lowest BCUT2D eigenvalue weighted by Gasteiger charge is -2.20. The molecule has 7 nitrogen and oxygen atoms in total. The third-order valence-electron chi connectivity index (χ3n) is 4.39. The van der Waals surface area contributed by atoms with Gasteiger partial charge in [0.15, 0.2) is 0 Å². The molecule has 3 rings (SSSR count). The van der Waals surface area contributed by atoms with Crippen molar-refractivity contribution in [3.8, 4) is 0 Å². The van der Waals surface area contributed by atoms with E-state index in [1.807, 2.05) is 25.1 Å². The minimum absolute atomic E-state index is 0.000576. The Morgan fingerprint density at radius 3 is 2.63 bits per heavy atom. The minimum Gasteiger partial charge on any atom is -0.345 e. The van der Waals surface area contributed by atoms with Gasteiger partial charge in [0.2, 0.25) is 15.9 Å². The number of nitrogens with two attached hydrogens (primary N) is 1. The first-order chi connectivity index (χ1) is 12.6. The SMILES string of the molecule is CC(NC(=O)c1ccc(S(N)(=O)=O)cc1Cl)c1ccc2c(c1)CCC(=O)N2. The second kappa shape index (κ2) is 7.30. The van der Waals surface area contributed by atoms with Crippen molar-refractivity contribution < 1.29 is 18.0 Å². The fourth-order valence-electron chi connectivity index (χ4n) is 2.89. The Hall–Kier alpha value is -2.42. The highest BCUT2D eigenvalue weighted by atomic mass is 35.5. The third-order valence-corrected chi connectivity index (χ3v) is 5.61. The van der Waals surface area contributed by atoms with Gasteiger partial charge in [0, 0.05) is 12.1 Å². The summed E-state index contributed by atoms with van der Waals surface area (Å²) in [4.78, 5) is 23.8. The van der Waals surface area contributed by atoms with E-state index < -0.39 is 15.9 Å². The normalized spacial score (nSPS) is 14.9. The van der Waals surface area contributed by atoms with Crippen molar-refractivity contribution >= 4 is 39.1 Å². The van der Waals surface area contributed by atoms with Gasteiger partial charge in [-0.1, -0.05) is 23.7 Å². The van der Waals surface area contributed by atoms with Crippen molar-refractivity contribution in [3.63, 3.8) is 0 Å². The van der Waals surface area contributed by atoms with Crippen LogP contribution in [0, 0.1) is 0 Å². The minimum atomic E-state index is -3.89. The zero-order chi connectivity index (χ0) is 19.8. The molecule has 4 N–H and O–H groups in total. The lowest BCUT2D eigenvalue weighted by Crippen LogP contribution is -2.27. The molecule has 1 atom stereocenters. The zero-order valence-electron chi connectivity index (χ0n) is 14.5. The topological polar surface area (TPSA) is 118 Å². The van der Waals surface area contributed by atoms with Gasteiger partial charge in [-0.3, -0.25) is 9.59 Å². The number of carbonyl (C=O) groups excluding carboxylic acids is 2. The number of nitrogens with one attached hydrogen (secondary N) is 2. The van der Waals surface area contributed by atoms with Gasteiger partial charge in [-0.25, -0.2) is 13.6 Å². The van der Waals surface area contributed by atoms with E-state index in [1.165, 1.54) is 12.1 Å². The first-order valence-corrected chi connectivity index (χ1v) is 10.1. The van der Waals surface area contributed by atoms with Crippen LogP contribution in [0.1, 0.15) is 40.9 Å². The van der Waals surface area contributed by atoms with Crippen LogP contribution in [0.15, 0.2) is 41.3 Å². The van der Waals surface area contributed by atoms with E-state index in [-0.39, 0.29) is 27.4 Å². The summed E-state index contributed by atoms with van der Waals surface area (Å²) in [6.45, 7) is 1.83. The predicted octanol–water partition coefficient (Wildman–Crippen LogP) is 2.36. The summed E-state index contributed by atoms with van der Waals surface area (Å²) in [6.07, 6.45) is 1.08. The first-order valence-electron chi connectivity index (χ1n) is 8.21. The maximum absolute atomic E-state index is 12.5. The van der Waals surface area contributed by atoms with E-state index in [1.54, 1.807) is 0 Å². The second-order valence-corrected chi connectivity index (χ2v) is 8.32. The number of amides is 2. The zero-order valence-corrected chi connectivity index (χ0v) is 16.0. The van der Waals surface area contributed by atoms with Gasteiger partial charge < -0.3 is 10.6 Å². The van der Waals surface area contributed by atoms with Crippen LogP contribution in [0.2, 0.25) is 5.02 Å². The fraction of sp³-hybridized carbons (Fsp3) is 0.222. The standard InChI is InChI=1S/C18H18ClN3O4S/c1-10(11-2-6-16-12(8-11)3-7-17(23)22-16)21-18(24)14-5-4-13(9-15(14)19)27(20,25)26/h2,4-6,8-10H,3,7H2,1H3,(H,21,24)(H,22,23)(H2,20,25,26). The highest BCUT2D eigenvalue weighted by Gasteiger charge is 2.19. The number of carbonyl (C=O) groups is 2. The Morgan fingerprint density at radius 1 is 1.22 bits per heavy atom. The Bertz CT molecular complexity index is 1040. The molecule has 2 aromatic carbocycles. The summed E-state index contributed by atoms with van der Waals surface area (Å²) in [5, 5.41) is 10.7. The van der Waals surface area contributed by atoms with Crippen LogP contribution in [0.5, 0.6) is 0 Å². The molecule has 0 aliphatic carbocycles.